The van der Waals surface area contributed by atoms with Gasteiger partial charge < -0.3 is 4.74 Å². The zero-order valence-electron chi connectivity index (χ0n) is 14.2. The number of carbonyl (C=O) groups is 2. The minimum Gasteiger partial charge on any atom is -0.461 e. The van der Waals surface area contributed by atoms with Gasteiger partial charge in [0.2, 0.25) is 0 Å². The maximum Gasteiger partial charge on any atom is 0.357 e. The van der Waals surface area contributed by atoms with Crippen LogP contribution in [-0.4, -0.2) is 32.9 Å². The molecular formula is C18H14N4O3S2. The number of rotatable bonds is 5. The van der Waals surface area contributed by atoms with Gasteiger partial charge >= 0.3 is 5.97 Å². The second-order valence-electron chi connectivity index (χ2n) is 5.48. The number of aromatic nitrogens is 3. The van der Waals surface area contributed by atoms with Gasteiger partial charge in [0, 0.05) is 22.5 Å². The van der Waals surface area contributed by atoms with Gasteiger partial charge in [0.25, 0.3) is 5.91 Å². The van der Waals surface area contributed by atoms with E-state index in [-0.39, 0.29) is 18.2 Å². The molecule has 0 saturated heterocycles. The first-order valence-electron chi connectivity index (χ1n) is 8.11. The fourth-order valence-electron chi connectivity index (χ4n) is 2.49. The lowest BCUT2D eigenvalue weighted by Crippen LogP contribution is -2.14. The molecule has 4 rings (SSSR count). The molecule has 0 aliphatic rings. The molecule has 0 saturated carbocycles. The van der Waals surface area contributed by atoms with E-state index in [0.29, 0.717) is 10.8 Å². The van der Waals surface area contributed by atoms with Crippen LogP contribution in [0.2, 0.25) is 0 Å². The second kappa shape index (κ2) is 7.29. The molecule has 0 fully saturated rings. The number of benzene rings is 1. The Labute approximate surface area is 162 Å². The first kappa shape index (κ1) is 17.4. The average Bonchev–Trinajstić information content (AvgIpc) is 3.38. The summed E-state index contributed by atoms with van der Waals surface area (Å²) >= 11 is 2.56. The van der Waals surface area contributed by atoms with Gasteiger partial charge in [-0.15, -0.1) is 22.7 Å². The molecule has 136 valence electrons. The highest BCUT2D eigenvalue weighted by Gasteiger charge is 2.18. The number of nitrogens with zero attached hydrogens (tertiary/aromatic N) is 3. The predicted molar refractivity (Wildman–Crippen MR) is 105 cm³/mol. The van der Waals surface area contributed by atoms with E-state index in [2.05, 4.69) is 15.3 Å². The van der Waals surface area contributed by atoms with Crippen LogP contribution in [0.1, 0.15) is 27.9 Å². The summed E-state index contributed by atoms with van der Waals surface area (Å²) in [7, 11) is 0. The lowest BCUT2D eigenvalue weighted by Gasteiger charge is -2.00. The van der Waals surface area contributed by atoms with Crippen molar-refractivity contribution in [1.82, 2.24) is 14.4 Å². The van der Waals surface area contributed by atoms with Crippen LogP contribution < -0.4 is 5.32 Å². The van der Waals surface area contributed by atoms with E-state index >= 15 is 0 Å². The van der Waals surface area contributed by atoms with Crippen molar-refractivity contribution in [2.75, 3.05) is 11.9 Å². The molecule has 7 nitrogen and oxygen atoms in total. The van der Waals surface area contributed by atoms with Crippen LogP contribution in [0.4, 0.5) is 5.13 Å². The van der Waals surface area contributed by atoms with Crippen LogP contribution in [0.15, 0.2) is 47.3 Å². The number of esters is 1. The predicted octanol–water partition coefficient (Wildman–Crippen LogP) is 3.95. The smallest absolute Gasteiger partial charge is 0.357 e. The molecule has 1 aromatic carbocycles. The Bertz CT molecular complexity index is 1110. The number of carbonyl (C=O) groups excluding carboxylic acids is 2. The van der Waals surface area contributed by atoms with Gasteiger partial charge in [-0.25, -0.2) is 14.8 Å². The molecule has 0 spiro atoms. The Morgan fingerprint density at radius 1 is 1.15 bits per heavy atom. The number of hydrogen-bond acceptors (Lipinski definition) is 7. The van der Waals surface area contributed by atoms with Crippen molar-refractivity contribution >= 4 is 44.6 Å². The van der Waals surface area contributed by atoms with Crippen LogP contribution in [-0.2, 0) is 4.74 Å². The molecule has 27 heavy (non-hydrogen) atoms. The van der Waals surface area contributed by atoms with Gasteiger partial charge in [-0.3, -0.25) is 14.5 Å². The summed E-state index contributed by atoms with van der Waals surface area (Å²) in [5.74, 6) is -0.822. The fourth-order valence-corrected chi connectivity index (χ4v) is 4.01. The molecule has 0 aliphatic heterocycles. The van der Waals surface area contributed by atoms with Crippen molar-refractivity contribution in [2.24, 2.45) is 0 Å². The molecule has 0 bridgehead atoms. The number of nitrogens with one attached hydrogen (secondary N) is 1. The Kier molecular flexibility index (Phi) is 4.69. The number of amides is 1. The van der Waals surface area contributed by atoms with Gasteiger partial charge in [-0.1, -0.05) is 30.3 Å². The van der Waals surface area contributed by atoms with E-state index in [1.54, 1.807) is 22.1 Å². The summed E-state index contributed by atoms with van der Waals surface area (Å²) in [5, 5.41) is 6.36. The molecule has 1 N–H and O–H groups in total. The van der Waals surface area contributed by atoms with Crippen molar-refractivity contribution in [3.05, 3.63) is 58.7 Å². The van der Waals surface area contributed by atoms with Crippen LogP contribution in [0.25, 0.3) is 16.2 Å². The van der Waals surface area contributed by atoms with Crippen molar-refractivity contribution in [3.8, 4) is 11.3 Å². The highest BCUT2D eigenvalue weighted by molar-refractivity contribution is 7.15. The quantitative estimate of drug-likeness (QED) is 0.515. The Balaban J connectivity index is 1.56. The molecule has 9 heteroatoms. The first-order chi connectivity index (χ1) is 13.2. The fraction of sp³-hybridized carbons (Fsp3) is 0.111. The van der Waals surface area contributed by atoms with E-state index in [1.165, 1.54) is 22.7 Å². The Hall–Kier alpha value is -3.04. The number of ether oxygens (including phenoxy) is 1. The maximum atomic E-state index is 12.6. The Morgan fingerprint density at radius 2 is 1.96 bits per heavy atom. The molecule has 4 aromatic rings. The molecule has 0 aliphatic carbocycles. The van der Waals surface area contributed by atoms with Crippen molar-refractivity contribution in [3.63, 3.8) is 0 Å². The summed E-state index contributed by atoms with van der Waals surface area (Å²) in [6.07, 6.45) is 1.84. The number of thiazole rings is 2. The SMILES string of the molecule is CCOC(=O)c1csc(NC(=O)c2csc3nc(-c4ccccc4)cn23)n1. The average molecular weight is 398 g/mol. The van der Waals surface area contributed by atoms with Gasteiger partial charge in [0.15, 0.2) is 15.8 Å². The molecule has 0 unspecified atom stereocenters. The zero-order valence-corrected chi connectivity index (χ0v) is 15.8. The number of fused-ring (bicyclic) bond motifs is 1. The van der Waals surface area contributed by atoms with Gasteiger partial charge in [-0.2, -0.15) is 0 Å². The van der Waals surface area contributed by atoms with Crippen molar-refractivity contribution in [2.45, 2.75) is 6.92 Å². The van der Waals surface area contributed by atoms with Crippen molar-refractivity contribution in [1.29, 1.82) is 0 Å². The van der Waals surface area contributed by atoms with Gasteiger partial charge in [0.05, 0.1) is 12.3 Å². The van der Waals surface area contributed by atoms with Gasteiger partial charge in [0.1, 0.15) is 5.69 Å². The van der Waals surface area contributed by atoms with E-state index in [0.717, 1.165) is 16.2 Å². The summed E-state index contributed by atoms with van der Waals surface area (Å²) in [6, 6.07) is 9.77. The summed E-state index contributed by atoms with van der Waals surface area (Å²) in [5.41, 5.74) is 2.42. The van der Waals surface area contributed by atoms with E-state index < -0.39 is 5.97 Å². The minimum absolute atomic E-state index is 0.182. The Morgan fingerprint density at radius 3 is 2.74 bits per heavy atom. The second-order valence-corrected chi connectivity index (χ2v) is 7.17. The van der Waals surface area contributed by atoms with E-state index in [9.17, 15) is 9.59 Å². The third-order valence-electron chi connectivity index (χ3n) is 3.72. The lowest BCUT2D eigenvalue weighted by atomic mass is 10.2. The minimum atomic E-state index is -0.505. The normalized spacial score (nSPS) is 10.9. The number of anilines is 1. The lowest BCUT2D eigenvalue weighted by molar-refractivity contribution is 0.0520. The largest absolute Gasteiger partial charge is 0.461 e. The highest BCUT2D eigenvalue weighted by atomic mass is 32.1. The first-order valence-corrected chi connectivity index (χ1v) is 9.87. The van der Waals surface area contributed by atoms with Crippen LogP contribution >= 0.6 is 22.7 Å². The monoisotopic (exact) mass is 398 g/mol. The van der Waals surface area contributed by atoms with Crippen LogP contribution in [0.5, 0.6) is 0 Å². The third kappa shape index (κ3) is 3.46. The van der Waals surface area contributed by atoms with Crippen LogP contribution in [0, 0.1) is 0 Å². The van der Waals surface area contributed by atoms with Gasteiger partial charge in [-0.05, 0) is 6.92 Å². The topological polar surface area (TPSA) is 85.6 Å². The van der Waals surface area contributed by atoms with Crippen molar-refractivity contribution < 1.29 is 14.3 Å². The summed E-state index contributed by atoms with van der Waals surface area (Å²) in [4.78, 5) is 33.7. The highest BCUT2D eigenvalue weighted by Crippen LogP contribution is 2.24. The van der Waals surface area contributed by atoms with E-state index in [1.807, 2.05) is 36.5 Å². The molecular weight excluding hydrogens is 384 g/mol. The summed E-state index contributed by atoms with van der Waals surface area (Å²) in [6.45, 7) is 2.00. The molecule has 3 aromatic heterocycles. The molecule has 1 amide bonds. The molecule has 3 heterocycles. The third-order valence-corrected chi connectivity index (χ3v) is 5.32. The summed E-state index contributed by atoms with van der Waals surface area (Å²) < 4.78 is 6.65. The van der Waals surface area contributed by atoms with Crippen LogP contribution in [0.3, 0.4) is 0 Å². The molecule has 0 atom stereocenters. The standard InChI is InChI=1S/C18H14N4O3S2/c1-2-25-16(24)13-9-26-17(19-13)21-15(23)14-10-27-18-20-12(8-22(14)18)11-6-4-3-5-7-11/h3-10H,2H2,1H3,(H,19,21,23). The van der Waals surface area contributed by atoms with E-state index in [4.69, 9.17) is 4.74 Å². The zero-order chi connectivity index (χ0) is 18.8. The number of hydrogen-bond donors (Lipinski definition) is 1. The number of imidazole rings is 1. The maximum absolute atomic E-state index is 12.6. The molecule has 0 radical (unpaired) electrons.